The van der Waals surface area contributed by atoms with E-state index in [0.29, 0.717) is 11.3 Å². The molecule has 0 fully saturated rings. The van der Waals surface area contributed by atoms with Crippen LogP contribution in [0.5, 0.6) is 0 Å². The first-order chi connectivity index (χ1) is 11.5. The quantitative estimate of drug-likeness (QED) is 0.806. The van der Waals surface area contributed by atoms with Gasteiger partial charge in [0.05, 0.1) is 5.69 Å². The molecular weight excluding hydrogens is 304 g/mol. The number of hydrogen-bond donors (Lipinski definition) is 1. The fraction of sp³-hybridized carbons (Fsp3) is 0.167. The van der Waals surface area contributed by atoms with Gasteiger partial charge in [0.15, 0.2) is 5.69 Å². The average molecular weight is 322 g/mol. The summed E-state index contributed by atoms with van der Waals surface area (Å²) in [6.07, 6.45) is 1.62. The van der Waals surface area contributed by atoms with Crippen LogP contribution in [0.15, 0.2) is 48.7 Å². The molecule has 0 aliphatic carbocycles. The Hall–Kier alpha value is -3.15. The number of carbonyl (C=O) groups is 2. The number of aryl methyl sites for hydroxylation is 1. The Bertz CT molecular complexity index is 922. The first-order valence-electron chi connectivity index (χ1n) is 7.52. The summed E-state index contributed by atoms with van der Waals surface area (Å²) in [6, 6.07) is 13.2. The van der Waals surface area contributed by atoms with Gasteiger partial charge in [0, 0.05) is 32.9 Å². The highest BCUT2D eigenvalue weighted by molar-refractivity contribution is 6.14. The standard InChI is InChI=1S/C18H18N4O2/c1-21(2)18(24)16-15(11-22(3)20-16)19-17(23)14-10-6-8-12-7-4-5-9-13(12)14/h4-11H,1-3H3,(H,19,23). The molecule has 0 radical (unpaired) electrons. The molecule has 122 valence electrons. The molecule has 24 heavy (non-hydrogen) atoms. The first-order valence-corrected chi connectivity index (χ1v) is 7.52. The van der Waals surface area contributed by atoms with E-state index >= 15 is 0 Å². The van der Waals surface area contributed by atoms with Crippen LogP contribution < -0.4 is 5.32 Å². The van der Waals surface area contributed by atoms with Gasteiger partial charge in [0.1, 0.15) is 0 Å². The van der Waals surface area contributed by atoms with Gasteiger partial charge < -0.3 is 10.2 Å². The third-order valence-corrected chi connectivity index (χ3v) is 3.72. The fourth-order valence-electron chi connectivity index (χ4n) is 2.56. The number of hydrogen-bond acceptors (Lipinski definition) is 3. The van der Waals surface area contributed by atoms with E-state index < -0.39 is 0 Å². The predicted molar refractivity (Wildman–Crippen MR) is 93.1 cm³/mol. The number of benzene rings is 2. The number of nitrogens with zero attached hydrogens (tertiary/aromatic N) is 3. The first kappa shape index (κ1) is 15.7. The highest BCUT2D eigenvalue weighted by Crippen LogP contribution is 2.21. The van der Waals surface area contributed by atoms with E-state index in [0.717, 1.165) is 10.8 Å². The third kappa shape index (κ3) is 2.86. The molecule has 6 heteroatoms. The minimum atomic E-state index is -0.271. The lowest BCUT2D eigenvalue weighted by molar-refractivity contribution is 0.0822. The molecule has 1 N–H and O–H groups in total. The van der Waals surface area contributed by atoms with Gasteiger partial charge in [-0.2, -0.15) is 5.10 Å². The maximum absolute atomic E-state index is 12.7. The normalized spacial score (nSPS) is 10.6. The molecule has 6 nitrogen and oxygen atoms in total. The van der Waals surface area contributed by atoms with Gasteiger partial charge in [0.25, 0.3) is 11.8 Å². The number of carbonyl (C=O) groups excluding carboxylic acids is 2. The number of fused-ring (bicyclic) bond motifs is 1. The Balaban J connectivity index is 1.97. The van der Waals surface area contributed by atoms with Crippen LogP contribution in [0.2, 0.25) is 0 Å². The summed E-state index contributed by atoms with van der Waals surface area (Å²) in [7, 11) is 5.00. The van der Waals surface area contributed by atoms with Crippen LogP contribution >= 0.6 is 0 Å². The van der Waals surface area contributed by atoms with E-state index in [4.69, 9.17) is 0 Å². The van der Waals surface area contributed by atoms with Crippen molar-refractivity contribution < 1.29 is 9.59 Å². The summed E-state index contributed by atoms with van der Waals surface area (Å²) in [5, 5.41) is 8.81. The van der Waals surface area contributed by atoms with Gasteiger partial charge in [-0.1, -0.05) is 36.4 Å². The molecule has 2 aromatic carbocycles. The third-order valence-electron chi connectivity index (χ3n) is 3.72. The number of rotatable bonds is 3. The maximum atomic E-state index is 12.7. The summed E-state index contributed by atoms with van der Waals surface area (Å²) in [5.74, 6) is -0.531. The van der Waals surface area contributed by atoms with E-state index in [1.165, 1.54) is 9.58 Å². The molecule has 0 saturated carbocycles. The molecule has 0 unspecified atom stereocenters. The lowest BCUT2D eigenvalue weighted by atomic mass is 10.0. The van der Waals surface area contributed by atoms with Gasteiger partial charge in [0.2, 0.25) is 0 Å². The zero-order valence-electron chi connectivity index (χ0n) is 13.8. The Morgan fingerprint density at radius 3 is 2.54 bits per heavy atom. The maximum Gasteiger partial charge on any atom is 0.276 e. The van der Waals surface area contributed by atoms with Crippen molar-refractivity contribution in [1.82, 2.24) is 14.7 Å². The molecular formula is C18H18N4O2. The Morgan fingerprint density at radius 1 is 1.08 bits per heavy atom. The largest absolute Gasteiger partial charge is 0.343 e. The molecule has 0 atom stereocenters. The summed E-state index contributed by atoms with van der Waals surface area (Å²) in [4.78, 5) is 26.3. The molecule has 1 aromatic heterocycles. The lowest BCUT2D eigenvalue weighted by Crippen LogP contribution is -2.24. The number of amides is 2. The highest BCUT2D eigenvalue weighted by atomic mass is 16.2. The second kappa shape index (κ2) is 6.16. The number of anilines is 1. The summed E-state index contributed by atoms with van der Waals surface area (Å²) in [5.41, 5.74) is 1.17. The molecule has 1 heterocycles. The summed E-state index contributed by atoms with van der Waals surface area (Å²) < 4.78 is 1.51. The SMILES string of the molecule is CN(C)C(=O)c1nn(C)cc1NC(=O)c1cccc2ccccc12. The fourth-order valence-corrected chi connectivity index (χ4v) is 2.56. The van der Waals surface area contributed by atoms with Crippen molar-refractivity contribution in [2.24, 2.45) is 7.05 Å². The molecule has 0 aliphatic rings. The highest BCUT2D eigenvalue weighted by Gasteiger charge is 2.20. The second-order valence-electron chi connectivity index (χ2n) is 5.75. The van der Waals surface area contributed by atoms with E-state index in [2.05, 4.69) is 10.4 Å². The molecule has 0 saturated heterocycles. The van der Waals surface area contributed by atoms with Crippen LogP contribution in [0, 0.1) is 0 Å². The van der Waals surface area contributed by atoms with Crippen molar-refractivity contribution >= 4 is 28.3 Å². The zero-order valence-corrected chi connectivity index (χ0v) is 13.8. The Kier molecular flexibility index (Phi) is 4.04. The van der Waals surface area contributed by atoms with Gasteiger partial charge in [-0.05, 0) is 16.8 Å². The van der Waals surface area contributed by atoms with Crippen LogP contribution in [-0.4, -0.2) is 40.6 Å². The van der Waals surface area contributed by atoms with Gasteiger partial charge in [-0.3, -0.25) is 14.3 Å². The Morgan fingerprint density at radius 2 is 1.79 bits per heavy atom. The van der Waals surface area contributed by atoms with Crippen molar-refractivity contribution in [3.05, 3.63) is 59.9 Å². The van der Waals surface area contributed by atoms with Crippen molar-refractivity contribution in [3.63, 3.8) is 0 Å². The monoisotopic (exact) mass is 322 g/mol. The van der Waals surface area contributed by atoms with Crippen molar-refractivity contribution in [2.45, 2.75) is 0 Å². The van der Waals surface area contributed by atoms with E-state index in [-0.39, 0.29) is 17.5 Å². The molecule has 3 rings (SSSR count). The zero-order chi connectivity index (χ0) is 17.3. The molecule has 0 spiro atoms. The second-order valence-corrected chi connectivity index (χ2v) is 5.75. The van der Waals surface area contributed by atoms with Crippen LogP contribution in [0.3, 0.4) is 0 Å². The molecule has 2 amide bonds. The van der Waals surface area contributed by atoms with Gasteiger partial charge in [-0.15, -0.1) is 0 Å². The predicted octanol–water partition coefficient (Wildman–Crippen LogP) is 2.53. The smallest absolute Gasteiger partial charge is 0.276 e. The minimum absolute atomic E-state index is 0.219. The molecule has 3 aromatic rings. The summed E-state index contributed by atoms with van der Waals surface area (Å²) >= 11 is 0. The molecule has 0 bridgehead atoms. The van der Waals surface area contributed by atoms with Crippen LogP contribution in [0.25, 0.3) is 10.8 Å². The van der Waals surface area contributed by atoms with Crippen LogP contribution in [-0.2, 0) is 7.05 Å². The lowest BCUT2D eigenvalue weighted by Gasteiger charge is -2.11. The number of nitrogens with one attached hydrogen (secondary N) is 1. The molecule has 0 aliphatic heterocycles. The minimum Gasteiger partial charge on any atom is -0.343 e. The van der Waals surface area contributed by atoms with Gasteiger partial charge in [-0.25, -0.2) is 0 Å². The van der Waals surface area contributed by atoms with Crippen molar-refractivity contribution in [2.75, 3.05) is 19.4 Å². The van der Waals surface area contributed by atoms with Gasteiger partial charge >= 0.3 is 0 Å². The number of aromatic nitrogens is 2. The van der Waals surface area contributed by atoms with Crippen LogP contribution in [0.1, 0.15) is 20.8 Å². The van der Waals surface area contributed by atoms with Crippen molar-refractivity contribution in [3.8, 4) is 0 Å². The van der Waals surface area contributed by atoms with E-state index in [1.807, 2.05) is 36.4 Å². The topological polar surface area (TPSA) is 67.2 Å². The van der Waals surface area contributed by atoms with E-state index in [9.17, 15) is 9.59 Å². The summed E-state index contributed by atoms with van der Waals surface area (Å²) in [6.45, 7) is 0. The van der Waals surface area contributed by atoms with Crippen LogP contribution in [0.4, 0.5) is 5.69 Å². The van der Waals surface area contributed by atoms with Crippen molar-refractivity contribution in [1.29, 1.82) is 0 Å². The Labute approximate surface area is 139 Å². The van der Waals surface area contributed by atoms with E-state index in [1.54, 1.807) is 33.4 Å². The average Bonchev–Trinajstić information content (AvgIpc) is 2.93.